The first-order valence-electron chi connectivity index (χ1n) is 6.15. The summed E-state index contributed by atoms with van der Waals surface area (Å²) >= 11 is 0. The number of nitrogens with zero attached hydrogens (tertiary/aromatic N) is 2. The zero-order valence-corrected chi connectivity index (χ0v) is 11.0. The number of pyridine rings is 1. The van der Waals surface area contributed by atoms with Gasteiger partial charge in [-0.05, 0) is 12.5 Å². The van der Waals surface area contributed by atoms with E-state index in [1.807, 2.05) is 12.1 Å². The molecule has 2 amide bonds. The van der Waals surface area contributed by atoms with E-state index in [1.165, 1.54) is 11.9 Å². The van der Waals surface area contributed by atoms with Gasteiger partial charge in [-0.3, -0.25) is 14.5 Å². The van der Waals surface area contributed by atoms with Crippen LogP contribution in [0.5, 0.6) is 5.88 Å². The molecular weight excluding hydrogens is 246 g/mol. The first-order valence-corrected chi connectivity index (χ1v) is 6.15. The molecule has 1 saturated heterocycles. The summed E-state index contributed by atoms with van der Waals surface area (Å²) in [6, 6.07) is 5.15. The molecule has 1 aromatic heterocycles. The van der Waals surface area contributed by atoms with Crippen molar-refractivity contribution in [2.24, 2.45) is 0 Å². The minimum absolute atomic E-state index is 0.123. The van der Waals surface area contributed by atoms with Crippen molar-refractivity contribution in [3.05, 3.63) is 23.9 Å². The van der Waals surface area contributed by atoms with Crippen molar-refractivity contribution in [1.29, 1.82) is 0 Å². The number of carbonyl (C=O) groups excluding carboxylic acids is 2. The van der Waals surface area contributed by atoms with Crippen LogP contribution in [-0.4, -0.2) is 41.9 Å². The van der Waals surface area contributed by atoms with Crippen molar-refractivity contribution in [2.75, 3.05) is 14.2 Å². The normalized spacial score (nSPS) is 19.7. The van der Waals surface area contributed by atoms with Crippen LogP contribution in [0.1, 0.15) is 18.5 Å². The van der Waals surface area contributed by atoms with Gasteiger partial charge in [0.1, 0.15) is 0 Å². The molecule has 0 aromatic carbocycles. The SMILES string of the molecule is COc1cccc(CNC2CCC(=O)N(C)C2=O)n1. The average Bonchev–Trinajstić information content (AvgIpc) is 2.44. The lowest BCUT2D eigenvalue weighted by atomic mass is 10.0. The molecule has 1 aliphatic heterocycles. The Labute approximate surface area is 111 Å². The first kappa shape index (κ1) is 13.5. The van der Waals surface area contributed by atoms with Gasteiger partial charge >= 0.3 is 0 Å². The molecule has 1 aromatic rings. The molecule has 0 bridgehead atoms. The molecule has 6 nitrogen and oxygen atoms in total. The highest BCUT2D eigenvalue weighted by Crippen LogP contribution is 2.12. The van der Waals surface area contributed by atoms with Crippen molar-refractivity contribution in [3.8, 4) is 5.88 Å². The number of amides is 2. The van der Waals surface area contributed by atoms with Crippen molar-refractivity contribution < 1.29 is 14.3 Å². The van der Waals surface area contributed by atoms with E-state index < -0.39 is 0 Å². The fraction of sp³-hybridized carbons (Fsp3) is 0.462. The highest BCUT2D eigenvalue weighted by atomic mass is 16.5. The molecule has 1 aliphatic rings. The molecule has 19 heavy (non-hydrogen) atoms. The van der Waals surface area contributed by atoms with Gasteiger partial charge in [0.2, 0.25) is 17.7 Å². The van der Waals surface area contributed by atoms with Gasteiger partial charge in [-0.15, -0.1) is 0 Å². The minimum Gasteiger partial charge on any atom is -0.481 e. The highest BCUT2D eigenvalue weighted by molar-refractivity contribution is 6.00. The molecule has 0 aliphatic carbocycles. The Morgan fingerprint density at radius 3 is 3.00 bits per heavy atom. The van der Waals surface area contributed by atoms with Crippen molar-refractivity contribution in [3.63, 3.8) is 0 Å². The summed E-state index contributed by atoms with van der Waals surface area (Å²) in [5, 5.41) is 3.13. The molecule has 2 rings (SSSR count). The van der Waals surface area contributed by atoms with E-state index in [4.69, 9.17) is 4.74 Å². The molecule has 0 spiro atoms. The van der Waals surface area contributed by atoms with Gasteiger partial charge in [0.15, 0.2) is 0 Å². The van der Waals surface area contributed by atoms with E-state index in [2.05, 4.69) is 10.3 Å². The number of rotatable bonds is 4. The van der Waals surface area contributed by atoms with Crippen LogP contribution < -0.4 is 10.1 Å². The number of hydrogen-bond donors (Lipinski definition) is 1. The molecule has 1 atom stereocenters. The van der Waals surface area contributed by atoms with Crippen LogP contribution in [-0.2, 0) is 16.1 Å². The predicted molar refractivity (Wildman–Crippen MR) is 68.4 cm³/mol. The van der Waals surface area contributed by atoms with E-state index in [9.17, 15) is 9.59 Å². The monoisotopic (exact) mass is 263 g/mol. The lowest BCUT2D eigenvalue weighted by Gasteiger charge is -2.28. The van der Waals surface area contributed by atoms with Gasteiger partial charge in [-0.25, -0.2) is 4.98 Å². The van der Waals surface area contributed by atoms with E-state index in [1.54, 1.807) is 13.2 Å². The third-order valence-corrected chi connectivity index (χ3v) is 3.17. The number of imide groups is 1. The van der Waals surface area contributed by atoms with E-state index in [0.717, 1.165) is 5.69 Å². The maximum Gasteiger partial charge on any atom is 0.246 e. The highest BCUT2D eigenvalue weighted by Gasteiger charge is 2.31. The fourth-order valence-electron chi connectivity index (χ4n) is 2.00. The van der Waals surface area contributed by atoms with Gasteiger partial charge in [0.25, 0.3) is 0 Å². The third kappa shape index (κ3) is 3.08. The molecule has 1 fully saturated rings. The van der Waals surface area contributed by atoms with E-state index in [0.29, 0.717) is 25.3 Å². The van der Waals surface area contributed by atoms with Gasteiger partial charge < -0.3 is 10.1 Å². The second kappa shape index (κ2) is 5.79. The number of likely N-dealkylation sites (N-methyl/N-ethyl adjacent to an activating group) is 1. The summed E-state index contributed by atoms with van der Waals surface area (Å²) < 4.78 is 5.04. The number of hydrogen-bond acceptors (Lipinski definition) is 5. The van der Waals surface area contributed by atoms with Gasteiger partial charge in [0, 0.05) is 26.1 Å². The predicted octanol–water partition coefficient (Wildman–Crippen LogP) is 0.327. The van der Waals surface area contributed by atoms with Crippen molar-refractivity contribution >= 4 is 11.8 Å². The van der Waals surface area contributed by atoms with Crippen LogP contribution in [0, 0.1) is 0 Å². The molecule has 0 radical (unpaired) electrons. The van der Waals surface area contributed by atoms with E-state index >= 15 is 0 Å². The molecular formula is C13H17N3O3. The molecule has 0 saturated carbocycles. The molecule has 2 heterocycles. The number of methoxy groups -OCH3 is 1. The first-order chi connectivity index (χ1) is 9.11. The average molecular weight is 263 g/mol. The lowest BCUT2D eigenvalue weighted by molar-refractivity contribution is -0.148. The lowest BCUT2D eigenvalue weighted by Crippen LogP contribution is -2.51. The smallest absolute Gasteiger partial charge is 0.246 e. The Balaban J connectivity index is 1.95. The van der Waals surface area contributed by atoms with Crippen LogP contribution in [0.3, 0.4) is 0 Å². The minimum atomic E-state index is -0.323. The maximum absolute atomic E-state index is 11.9. The largest absolute Gasteiger partial charge is 0.481 e. The molecule has 1 N–H and O–H groups in total. The van der Waals surface area contributed by atoms with Crippen molar-refractivity contribution in [2.45, 2.75) is 25.4 Å². The van der Waals surface area contributed by atoms with Crippen LogP contribution in [0.2, 0.25) is 0 Å². The Kier molecular flexibility index (Phi) is 4.11. The standard InChI is InChI=1S/C13H17N3O3/c1-16-12(17)7-6-10(13(16)18)14-8-9-4-3-5-11(15-9)19-2/h3-5,10,14H,6-8H2,1-2H3. The number of aromatic nitrogens is 1. The summed E-state index contributed by atoms with van der Waals surface area (Å²) in [5.74, 6) is 0.239. The summed E-state index contributed by atoms with van der Waals surface area (Å²) in [4.78, 5) is 28.7. The zero-order chi connectivity index (χ0) is 13.8. The molecule has 102 valence electrons. The van der Waals surface area contributed by atoms with Crippen LogP contribution in [0.4, 0.5) is 0 Å². The second-order valence-electron chi connectivity index (χ2n) is 4.43. The van der Waals surface area contributed by atoms with Crippen LogP contribution >= 0.6 is 0 Å². The van der Waals surface area contributed by atoms with Gasteiger partial charge in [-0.1, -0.05) is 6.07 Å². The third-order valence-electron chi connectivity index (χ3n) is 3.17. The molecule has 1 unspecified atom stereocenters. The van der Waals surface area contributed by atoms with Gasteiger partial charge in [-0.2, -0.15) is 0 Å². The van der Waals surface area contributed by atoms with Crippen LogP contribution in [0.25, 0.3) is 0 Å². The van der Waals surface area contributed by atoms with E-state index in [-0.39, 0.29) is 17.9 Å². The topological polar surface area (TPSA) is 71.5 Å². The Hall–Kier alpha value is -1.95. The zero-order valence-electron chi connectivity index (χ0n) is 11.0. The number of ether oxygens (including phenoxy) is 1. The number of likely N-dealkylation sites (tertiary alicyclic amines) is 1. The number of carbonyl (C=O) groups is 2. The number of nitrogens with one attached hydrogen (secondary N) is 1. The maximum atomic E-state index is 11.9. The van der Waals surface area contributed by atoms with Gasteiger partial charge in [0.05, 0.1) is 18.8 Å². The Morgan fingerprint density at radius 2 is 2.26 bits per heavy atom. The second-order valence-corrected chi connectivity index (χ2v) is 4.43. The fourth-order valence-corrected chi connectivity index (χ4v) is 2.00. The summed E-state index contributed by atoms with van der Waals surface area (Å²) in [6.07, 6.45) is 0.928. The quantitative estimate of drug-likeness (QED) is 0.792. The number of piperidine rings is 1. The Bertz CT molecular complexity index is 490. The van der Waals surface area contributed by atoms with Crippen LogP contribution in [0.15, 0.2) is 18.2 Å². The molecule has 6 heteroatoms. The summed E-state index contributed by atoms with van der Waals surface area (Å²) in [6.45, 7) is 0.468. The summed E-state index contributed by atoms with van der Waals surface area (Å²) in [5.41, 5.74) is 0.798. The van der Waals surface area contributed by atoms with Crippen molar-refractivity contribution in [1.82, 2.24) is 15.2 Å². The summed E-state index contributed by atoms with van der Waals surface area (Å²) in [7, 11) is 3.08. The Morgan fingerprint density at radius 1 is 1.47 bits per heavy atom.